The van der Waals surface area contributed by atoms with Crippen molar-refractivity contribution in [2.24, 2.45) is 0 Å². The van der Waals surface area contributed by atoms with E-state index < -0.39 is 0 Å². The zero-order chi connectivity index (χ0) is 17.2. The second-order valence-electron chi connectivity index (χ2n) is 7.69. The second-order valence-corrected chi connectivity index (χ2v) is 8.55. The number of hydrogen-bond donors (Lipinski definition) is 1. The lowest BCUT2D eigenvalue weighted by Crippen LogP contribution is -2.45. The Balaban J connectivity index is 0.00000169. The molecule has 3 rings (SSSR count). The van der Waals surface area contributed by atoms with E-state index >= 15 is 0 Å². The highest BCUT2D eigenvalue weighted by Crippen LogP contribution is 2.26. The summed E-state index contributed by atoms with van der Waals surface area (Å²) in [4.78, 5) is 9.84. The number of thiazole rings is 1. The van der Waals surface area contributed by atoms with E-state index in [0.717, 1.165) is 45.0 Å². The van der Waals surface area contributed by atoms with Crippen LogP contribution in [0.5, 0.6) is 0 Å². The van der Waals surface area contributed by atoms with Crippen LogP contribution in [0.25, 0.3) is 0 Å². The molecule has 0 spiro atoms. The molecule has 0 bridgehead atoms. The average Bonchev–Trinajstić information content (AvgIpc) is 2.98. The first-order valence-electron chi connectivity index (χ1n) is 8.64. The molecule has 2 heterocycles. The topological polar surface area (TPSA) is 45.4 Å². The summed E-state index contributed by atoms with van der Waals surface area (Å²) in [7, 11) is 0. The smallest absolute Gasteiger partial charge is 0.0982 e. The summed E-state index contributed by atoms with van der Waals surface area (Å²) < 4.78 is 0. The molecule has 1 aromatic heterocycles. The Hall–Kier alpha value is -0.850. The summed E-state index contributed by atoms with van der Waals surface area (Å²) in [6, 6.07) is 8.22. The molecule has 1 fully saturated rings. The SMILES string of the molecule is CC(C)(C)c1nc(CN2CCN(Cc3cccc(N)c3)CC2)cs1.Cl.Cl. The lowest BCUT2D eigenvalue weighted by molar-refractivity contribution is 0.121. The van der Waals surface area contributed by atoms with Crippen molar-refractivity contribution in [3.05, 3.63) is 45.9 Å². The Labute approximate surface area is 173 Å². The molecule has 1 aliphatic rings. The number of benzene rings is 1. The van der Waals surface area contributed by atoms with Gasteiger partial charge in [-0.15, -0.1) is 36.2 Å². The third kappa shape index (κ3) is 6.39. The predicted octanol–water partition coefficient (Wildman–Crippen LogP) is 4.18. The molecular weight excluding hydrogens is 387 g/mol. The lowest BCUT2D eigenvalue weighted by Gasteiger charge is -2.34. The van der Waals surface area contributed by atoms with Crippen molar-refractivity contribution in [1.82, 2.24) is 14.8 Å². The normalized spacial score (nSPS) is 16.0. The summed E-state index contributed by atoms with van der Waals surface area (Å²) >= 11 is 1.79. The standard InChI is InChI=1S/C19H28N4S.2ClH/c1-19(2,3)18-21-17(14-24-18)13-23-9-7-22(8-10-23)12-15-5-4-6-16(20)11-15;;/h4-6,11,14H,7-10,12-13,20H2,1-3H3;2*1H. The van der Waals surface area contributed by atoms with Crippen molar-refractivity contribution < 1.29 is 0 Å². The van der Waals surface area contributed by atoms with Crippen LogP contribution in [0.1, 0.15) is 37.0 Å². The number of halogens is 2. The molecule has 0 radical (unpaired) electrons. The van der Waals surface area contributed by atoms with Gasteiger partial charge >= 0.3 is 0 Å². The predicted molar refractivity (Wildman–Crippen MR) is 117 cm³/mol. The summed E-state index contributed by atoms with van der Waals surface area (Å²) in [5.74, 6) is 0. The summed E-state index contributed by atoms with van der Waals surface area (Å²) in [6.45, 7) is 13.0. The largest absolute Gasteiger partial charge is 0.399 e. The minimum Gasteiger partial charge on any atom is -0.399 e. The summed E-state index contributed by atoms with van der Waals surface area (Å²) in [6.07, 6.45) is 0. The highest BCUT2D eigenvalue weighted by Gasteiger charge is 2.21. The minimum absolute atomic E-state index is 0. The van der Waals surface area contributed by atoms with Gasteiger partial charge in [0.25, 0.3) is 0 Å². The molecule has 2 N–H and O–H groups in total. The van der Waals surface area contributed by atoms with E-state index in [1.807, 2.05) is 12.1 Å². The van der Waals surface area contributed by atoms with Crippen molar-refractivity contribution in [1.29, 1.82) is 0 Å². The van der Waals surface area contributed by atoms with Crippen molar-refractivity contribution in [3.8, 4) is 0 Å². The molecule has 0 amide bonds. The van der Waals surface area contributed by atoms with Gasteiger partial charge in [-0.2, -0.15) is 0 Å². The van der Waals surface area contributed by atoms with Gasteiger partial charge in [0.2, 0.25) is 0 Å². The maximum absolute atomic E-state index is 5.87. The molecule has 26 heavy (non-hydrogen) atoms. The molecular formula is C19H30Cl2N4S. The van der Waals surface area contributed by atoms with Crippen molar-refractivity contribution >= 4 is 41.8 Å². The molecule has 1 aliphatic heterocycles. The molecule has 0 saturated carbocycles. The highest BCUT2D eigenvalue weighted by molar-refractivity contribution is 7.09. The van der Waals surface area contributed by atoms with Crippen LogP contribution in [0.2, 0.25) is 0 Å². The van der Waals surface area contributed by atoms with E-state index in [1.165, 1.54) is 16.3 Å². The van der Waals surface area contributed by atoms with Crippen molar-refractivity contribution in [2.45, 2.75) is 39.3 Å². The van der Waals surface area contributed by atoms with Crippen LogP contribution in [0, 0.1) is 0 Å². The van der Waals surface area contributed by atoms with Gasteiger partial charge in [0.15, 0.2) is 0 Å². The van der Waals surface area contributed by atoms with E-state index in [4.69, 9.17) is 10.7 Å². The third-order valence-electron chi connectivity index (χ3n) is 4.40. The van der Waals surface area contributed by atoms with Gasteiger partial charge in [-0.05, 0) is 17.7 Å². The van der Waals surface area contributed by atoms with Gasteiger partial charge < -0.3 is 5.73 Å². The zero-order valence-corrected chi connectivity index (χ0v) is 18.2. The average molecular weight is 417 g/mol. The molecule has 4 nitrogen and oxygen atoms in total. The number of nitrogens with two attached hydrogens (primary N) is 1. The summed E-state index contributed by atoms with van der Waals surface area (Å²) in [5, 5.41) is 3.46. The van der Waals surface area contributed by atoms with Gasteiger partial charge in [-0.3, -0.25) is 9.80 Å². The van der Waals surface area contributed by atoms with Crippen LogP contribution in [-0.4, -0.2) is 41.0 Å². The number of aromatic nitrogens is 1. The first-order chi connectivity index (χ1) is 11.4. The van der Waals surface area contributed by atoms with Crippen LogP contribution in [0.15, 0.2) is 29.6 Å². The number of nitrogen functional groups attached to an aromatic ring is 1. The second kappa shape index (κ2) is 9.90. The Morgan fingerprint density at radius 3 is 2.19 bits per heavy atom. The monoisotopic (exact) mass is 416 g/mol. The molecule has 0 aliphatic carbocycles. The van der Waals surface area contributed by atoms with Gasteiger partial charge in [-0.25, -0.2) is 4.98 Å². The number of piperazine rings is 1. The van der Waals surface area contributed by atoms with Gasteiger partial charge in [-0.1, -0.05) is 32.9 Å². The van der Waals surface area contributed by atoms with Gasteiger partial charge in [0.05, 0.1) is 10.7 Å². The number of nitrogens with zero attached hydrogens (tertiary/aromatic N) is 3. The van der Waals surface area contributed by atoms with Crippen LogP contribution >= 0.6 is 36.2 Å². The maximum Gasteiger partial charge on any atom is 0.0982 e. The van der Waals surface area contributed by atoms with Gasteiger partial charge in [0, 0.05) is 55.8 Å². The molecule has 2 aromatic rings. The Bertz CT molecular complexity index is 676. The minimum atomic E-state index is 0. The van der Waals surface area contributed by atoms with Crippen molar-refractivity contribution in [2.75, 3.05) is 31.9 Å². The van der Waals surface area contributed by atoms with E-state index in [1.54, 1.807) is 11.3 Å². The fourth-order valence-electron chi connectivity index (χ4n) is 3.01. The highest BCUT2D eigenvalue weighted by atomic mass is 35.5. The van der Waals surface area contributed by atoms with E-state index in [9.17, 15) is 0 Å². The molecule has 0 unspecified atom stereocenters. The van der Waals surface area contributed by atoms with E-state index in [0.29, 0.717) is 0 Å². The van der Waals surface area contributed by atoms with Crippen LogP contribution in [-0.2, 0) is 18.5 Å². The first-order valence-corrected chi connectivity index (χ1v) is 9.52. The fourth-order valence-corrected chi connectivity index (χ4v) is 3.91. The molecule has 1 aromatic carbocycles. The summed E-state index contributed by atoms with van der Waals surface area (Å²) in [5.41, 5.74) is 9.39. The van der Waals surface area contributed by atoms with E-state index in [2.05, 4.69) is 48.1 Å². The lowest BCUT2D eigenvalue weighted by atomic mass is 9.98. The number of rotatable bonds is 4. The van der Waals surface area contributed by atoms with Crippen LogP contribution in [0.3, 0.4) is 0 Å². The third-order valence-corrected chi connectivity index (χ3v) is 5.72. The van der Waals surface area contributed by atoms with Crippen LogP contribution in [0.4, 0.5) is 5.69 Å². The number of hydrogen-bond acceptors (Lipinski definition) is 5. The fraction of sp³-hybridized carbons (Fsp3) is 0.526. The molecule has 1 saturated heterocycles. The van der Waals surface area contributed by atoms with Crippen LogP contribution < -0.4 is 5.73 Å². The zero-order valence-electron chi connectivity index (χ0n) is 15.8. The quantitative estimate of drug-likeness (QED) is 0.758. The molecule has 146 valence electrons. The Morgan fingerprint density at radius 1 is 1.04 bits per heavy atom. The number of anilines is 1. The van der Waals surface area contributed by atoms with E-state index in [-0.39, 0.29) is 30.2 Å². The Morgan fingerprint density at radius 2 is 1.65 bits per heavy atom. The Kier molecular flexibility index (Phi) is 8.83. The molecule has 7 heteroatoms. The molecule has 0 atom stereocenters. The van der Waals surface area contributed by atoms with Crippen molar-refractivity contribution in [3.63, 3.8) is 0 Å². The first kappa shape index (κ1) is 23.2. The maximum atomic E-state index is 5.87. The van der Waals surface area contributed by atoms with Gasteiger partial charge in [0.1, 0.15) is 0 Å².